The lowest BCUT2D eigenvalue weighted by Crippen LogP contribution is -2.17. The molecule has 1 atom stereocenters. The van der Waals surface area contributed by atoms with Crippen molar-refractivity contribution in [1.29, 1.82) is 0 Å². The number of nitro groups is 1. The van der Waals surface area contributed by atoms with Crippen molar-refractivity contribution >= 4 is 27.1 Å². The van der Waals surface area contributed by atoms with Gasteiger partial charge in [0.25, 0.3) is 15.7 Å². The molecule has 0 aliphatic rings. The minimum Gasteiger partial charge on any atom is -0.394 e. The summed E-state index contributed by atoms with van der Waals surface area (Å²) in [7, 11) is -4.00. The molecule has 1 unspecified atom stereocenters. The molecule has 8 nitrogen and oxygen atoms in total. The third-order valence-electron chi connectivity index (χ3n) is 4.22. The van der Waals surface area contributed by atoms with Gasteiger partial charge >= 0.3 is 0 Å². The van der Waals surface area contributed by atoms with Crippen molar-refractivity contribution in [3.8, 4) is 0 Å². The molecule has 0 amide bonds. The Morgan fingerprint density at radius 2 is 1.59 bits per heavy atom. The number of sulfonamides is 1. The summed E-state index contributed by atoms with van der Waals surface area (Å²) in [5.41, 5.74) is 0.792. The van der Waals surface area contributed by atoms with Crippen LogP contribution in [0.1, 0.15) is 11.6 Å². The topological polar surface area (TPSA) is 122 Å². The summed E-state index contributed by atoms with van der Waals surface area (Å²) in [5.74, 6) is 0. The van der Waals surface area contributed by atoms with Gasteiger partial charge in [-0.2, -0.15) is 0 Å². The number of benzene rings is 3. The minimum absolute atomic E-state index is 0.108. The predicted molar refractivity (Wildman–Crippen MR) is 110 cm³/mol. The summed E-state index contributed by atoms with van der Waals surface area (Å²) >= 11 is 0. The quantitative estimate of drug-likeness (QED) is 0.384. The van der Waals surface area contributed by atoms with Crippen molar-refractivity contribution in [3.63, 3.8) is 0 Å². The summed E-state index contributed by atoms with van der Waals surface area (Å²) in [4.78, 5) is 10.7. The van der Waals surface area contributed by atoms with E-state index in [1.54, 1.807) is 54.6 Å². The number of nitrogens with one attached hydrogen (secondary N) is 2. The highest BCUT2D eigenvalue weighted by Crippen LogP contribution is 2.31. The Kier molecular flexibility index (Phi) is 6.10. The van der Waals surface area contributed by atoms with Crippen LogP contribution in [0.5, 0.6) is 0 Å². The summed E-state index contributed by atoms with van der Waals surface area (Å²) in [6.45, 7) is -0.295. The fourth-order valence-electron chi connectivity index (χ4n) is 2.78. The van der Waals surface area contributed by atoms with Gasteiger partial charge in [0.05, 0.1) is 22.5 Å². The Bertz CT molecular complexity index is 1090. The third kappa shape index (κ3) is 4.89. The Balaban J connectivity index is 1.92. The third-order valence-corrected chi connectivity index (χ3v) is 5.60. The van der Waals surface area contributed by atoms with Crippen LogP contribution in [0, 0.1) is 10.1 Å². The van der Waals surface area contributed by atoms with Gasteiger partial charge in [0.1, 0.15) is 5.69 Å². The lowest BCUT2D eigenvalue weighted by atomic mass is 10.1. The Morgan fingerprint density at radius 1 is 0.966 bits per heavy atom. The standard InChI is InChI=1S/C20H19N3O5S/c24-14-19(15-7-3-1-4-8-15)21-18-12-11-17(13-20(18)23(25)26)29(27,28)22-16-9-5-2-6-10-16/h1-13,19,21-22,24H,14H2. The predicted octanol–water partition coefficient (Wildman–Crippen LogP) is 3.54. The van der Waals surface area contributed by atoms with Crippen molar-refractivity contribution in [1.82, 2.24) is 0 Å². The smallest absolute Gasteiger partial charge is 0.293 e. The van der Waals surface area contributed by atoms with Crippen LogP contribution < -0.4 is 10.0 Å². The van der Waals surface area contributed by atoms with Crippen LogP contribution in [0.2, 0.25) is 0 Å². The molecule has 0 spiro atoms. The van der Waals surface area contributed by atoms with E-state index in [2.05, 4.69) is 10.0 Å². The number of aliphatic hydroxyl groups is 1. The van der Waals surface area contributed by atoms with Gasteiger partial charge < -0.3 is 10.4 Å². The first-order valence-electron chi connectivity index (χ1n) is 8.69. The van der Waals surface area contributed by atoms with Gasteiger partial charge in [0.15, 0.2) is 0 Å². The zero-order valence-corrected chi connectivity index (χ0v) is 16.0. The molecule has 0 aliphatic carbocycles. The fraction of sp³-hybridized carbons (Fsp3) is 0.100. The Labute approximate surface area is 168 Å². The molecule has 9 heteroatoms. The van der Waals surface area contributed by atoms with E-state index in [9.17, 15) is 23.6 Å². The monoisotopic (exact) mass is 413 g/mol. The molecule has 0 bridgehead atoms. The average molecular weight is 413 g/mol. The Hall–Kier alpha value is -3.43. The second-order valence-electron chi connectivity index (χ2n) is 6.20. The van der Waals surface area contributed by atoms with Gasteiger partial charge in [0.2, 0.25) is 0 Å². The highest BCUT2D eigenvalue weighted by molar-refractivity contribution is 7.92. The molecule has 0 aliphatic heterocycles. The van der Waals surface area contributed by atoms with Gasteiger partial charge in [-0.25, -0.2) is 8.42 Å². The molecule has 3 N–H and O–H groups in total. The van der Waals surface area contributed by atoms with Gasteiger partial charge in [-0.1, -0.05) is 48.5 Å². The Morgan fingerprint density at radius 3 is 2.17 bits per heavy atom. The van der Waals surface area contributed by atoms with E-state index in [1.807, 2.05) is 6.07 Å². The van der Waals surface area contributed by atoms with E-state index >= 15 is 0 Å². The molecular weight excluding hydrogens is 394 g/mol. The lowest BCUT2D eigenvalue weighted by molar-refractivity contribution is -0.384. The molecule has 0 fully saturated rings. The van der Waals surface area contributed by atoms with Crippen molar-refractivity contribution in [3.05, 3.63) is 94.5 Å². The summed E-state index contributed by atoms with van der Waals surface area (Å²) < 4.78 is 27.6. The second-order valence-corrected chi connectivity index (χ2v) is 7.88. The molecule has 3 aromatic carbocycles. The SMILES string of the molecule is O=[N+]([O-])c1cc(S(=O)(=O)Nc2ccccc2)ccc1NC(CO)c1ccccc1. The normalized spacial score (nSPS) is 12.2. The maximum atomic E-state index is 12.6. The summed E-state index contributed by atoms with van der Waals surface area (Å²) in [6.07, 6.45) is 0. The zero-order valence-electron chi connectivity index (χ0n) is 15.2. The van der Waals surface area contributed by atoms with Crippen molar-refractivity contribution in [2.45, 2.75) is 10.9 Å². The number of anilines is 2. The van der Waals surface area contributed by atoms with E-state index in [4.69, 9.17) is 0 Å². The highest BCUT2D eigenvalue weighted by atomic mass is 32.2. The first-order valence-corrected chi connectivity index (χ1v) is 10.2. The van der Waals surface area contributed by atoms with Crippen LogP contribution in [0.4, 0.5) is 17.1 Å². The molecule has 150 valence electrons. The lowest BCUT2D eigenvalue weighted by Gasteiger charge is -2.18. The first kappa shape index (κ1) is 20.3. The van der Waals surface area contributed by atoms with Crippen molar-refractivity contribution < 1.29 is 18.4 Å². The van der Waals surface area contributed by atoms with Crippen LogP contribution in [-0.4, -0.2) is 25.1 Å². The van der Waals surface area contributed by atoms with Gasteiger partial charge in [0, 0.05) is 11.8 Å². The maximum absolute atomic E-state index is 12.6. The van der Waals surface area contributed by atoms with Crippen LogP contribution in [0.25, 0.3) is 0 Å². The number of hydrogen-bond acceptors (Lipinski definition) is 6. The van der Waals surface area contributed by atoms with Crippen molar-refractivity contribution in [2.75, 3.05) is 16.6 Å². The molecule has 0 aromatic heterocycles. The summed E-state index contributed by atoms with van der Waals surface area (Å²) in [6, 6.07) is 20.2. The molecule has 0 radical (unpaired) electrons. The van der Waals surface area contributed by atoms with E-state index in [1.165, 1.54) is 12.1 Å². The van der Waals surface area contributed by atoms with Crippen LogP contribution in [-0.2, 0) is 10.0 Å². The van der Waals surface area contributed by atoms with E-state index < -0.39 is 26.7 Å². The highest BCUT2D eigenvalue weighted by Gasteiger charge is 2.23. The molecule has 3 aromatic rings. The number of hydrogen-bond donors (Lipinski definition) is 3. The molecule has 0 saturated heterocycles. The molecule has 0 saturated carbocycles. The van der Waals surface area contributed by atoms with Crippen LogP contribution in [0.3, 0.4) is 0 Å². The second kappa shape index (κ2) is 8.72. The number of aliphatic hydroxyl groups excluding tert-OH is 1. The maximum Gasteiger partial charge on any atom is 0.293 e. The molecule has 29 heavy (non-hydrogen) atoms. The zero-order chi connectivity index (χ0) is 20.9. The largest absolute Gasteiger partial charge is 0.394 e. The number of para-hydroxylation sites is 1. The fourth-order valence-corrected chi connectivity index (χ4v) is 3.86. The van der Waals surface area contributed by atoms with E-state index in [-0.39, 0.29) is 17.2 Å². The molecule has 3 rings (SSSR count). The number of rotatable bonds is 8. The van der Waals surface area contributed by atoms with E-state index in [0.717, 1.165) is 11.6 Å². The first-order chi connectivity index (χ1) is 13.9. The van der Waals surface area contributed by atoms with Gasteiger partial charge in [-0.15, -0.1) is 0 Å². The minimum atomic E-state index is -4.00. The number of nitrogens with zero attached hydrogens (tertiary/aromatic N) is 1. The van der Waals surface area contributed by atoms with Crippen LogP contribution in [0.15, 0.2) is 83.8 Å². The number of nitro benzene ring substituents is 1. The molecular formula is C20H19N3O5S. The van der Waals surface area contributed by atoms with Gasteiger partial charge in [-0.3, -0.25) is 14.8 Å². The summed E-state index contributed by atoms with van der Waals surface area (Å²) in [5, 5.41) is 24.1. The average Bonchev–Trinajstić information content (AvgIpc) is 2.73. The van der Waals surface area contributed by atoms with Gasteiger partial charge in [-0.05, 0) is 29.8 Å². The van der Waals surface area contributed by atoms with E-state index in [0.29, 0.717) is 5.69 Å². The van der Waals surface area contributed by atoms with Crippen molar-refractivity contribution in [2.24, 2.45) is 0 Å². The van der Waals surface area contributed by atoms with Crippen LogP contribution >= 0.6 is 0 Å². The molecule has 0 heterocycles.